The number of nitrogen functional groups attached to an aromatic ring is 1. The zero-order valence-electron chi connectivity index (χ0n) is 29.0. The Bertz CT molecular complexity index is 2880. The van der Waals surface area contributed by atoms with Crippen LogP contribution in [0, 0.1) is 24.0 Å². The number of anilines is 1. The summed E-state index contributed by atoms with van der Waals surface area (Å²) >= 11 is 0. The number of phenolic OH excluding ortho intramolecular Hbond substituents is 2. The first-order valence-corrected chi connectivity index (χ1v) is 18.9. The van der Waals surface area contributed by atoms with Crippen molar-refractivity contribution in [3.05, 3.63) is 118 Å². The number of nitrogens with zero attached hydrogens (tertiary/aromatic N) is 7. The Hall–Kier alpha value is -7.00. The molecule has 6 rings (SSSR count). The minimum Gasteiger partial charge on any atom is -0.508 e. The molecule has 20 heteroatoms. The summed E-state index contributed by atoms with van der Waals surface area (Å²) in [5, 5.41) is 55.4. The summed E-state index contributed by atoms with van der Waals surface area (Å²) in [6.07, 6.45) is 0. The van der Waals surface area contributed by atoms with Gasteiger partial charge in [-0.05, 0) is 114 Å². The third kappa shape index (κ3) is 8.22. The maximum Gasteiger partial charge on any atom is 0.296 e. The van der Waals surface area contributed by atoms with Crippen molar-refractivity contribution in [2.75, 3.05) is 5.73 Å². The number of aryl methyl sites for hydroxylation is 2. The maximum atomic E-state index is 12.5. The van der Waals surface area contributed by atoms with Crippen LogP contribution in [-0.2, 0) is 20.2 Å². The molecule has 0 aliphatic rings. The normalized spacial score (nSPS) is 12.4. The minimum absolute atomic E-state index is 0.0267. The molecule has 18 nitrogen and oxygen atoms in total. The number of rotatable bonds is 10. The van der Waals surface area contributed by atoms with Gasteiger partial charge in [-0.2, -0.15) is 37.3 Å². The first kappa shape index (κ1) is 38.7. The van der Waals surface area contributed by atoms with Crippen molar-refractivity contribution >= 4 is 76.5 Å². The van der Waals surface area contributed by atoms with Crippen molar-refractivity contribution in [3.63, 3.8) is 0 Å². The van der Waals surface area contributed by atoms with Crippen LogP contribution in [0.15, 0.2) is 138 Å². The fourth-order valence-electron chi connectivity index (χ4n) is 5.48. The van der Waals surface area contributed by atoms with E-state index in [1.165, 1.54) is 24.3 Å². The highest BCUT2D eigenvalue weighted by Crippen LogP contribution is 2.48. The van der Waals surface area contributed by atoms with Crippen molar-refractivity contribution in [1.29, 1.82) is 0 Å². The van der Waals surface area contributed by atoms with Gasteiger partial charge in [-0.15, -0.1) is 10.2 Å². The van der Waals surface area contributed by atoms with Gasteiger partial charge < -0.3 is 15.9 Å². The number of fused-ring (bicyclic) bond motifs is 1. The molecular formula is C36H28N8O10S2. The molecule has 0 spiro atoms. The fraction of sp³-hybridized carbons (Fsp3) is 0.0556. The number of hydrogen-bond donors (Lipinski definition) is 5. The molecule has 0 aliphatic carbocycles. The molecule has 56 heavy (non-hydrogen) atoms. The molecule has 0 heterocycles. The van der Waals surface area contributed by atoms with E-state index in [-0.39, 0.29) is 33.6 Å². The quantitative estimate of drug-likeness (QED) is 0.0285. The van der Waals surface area contributed by atoms with Crippen molar-refractivity contribution in [2.45, 2.75) is 23.6 Å². The molecule has 0 bridgehead atoms. The predicted molar refractivity (Wildman–Crippen MR) is 205 cm³/mol. The van der Waals surface area contributed by atoms with E-state index in [4.69, 9.17) is 5.73 Å². The van der Waals surface area contributed by atoms with Gasteiger partial charge in [0.05, 0.1) is 38.7 Å². The lowest BCUT2D eigenvalue weighted by Crippen LogP contribution is -2.03. The van der Waals surface area contributed by atoms with E-state index >= 15 is 0 Å². The van der Waals surface area contributed by atoms with Gasteiger partial charge in [0, 0.05) is 12.1 Å². The second-order valence-corrected chi connectivity index (χ2v) is 14.9. The molecule has 6 aromatic carbocycles. The zero-order chi connectivity index (χ0) is 40.5. The van der Waals surface area contributed by atoms with Crippen LogP contribution < -0.4 is 5.73 Å². The molecule has 0 saturated heterocycles. The van der Waals surface area contributed by atoms with Gasteiger partial charge in [0.25, 0.3) is 25.9 Å². The van der Waals surface area contributed by atoms with Crippen LogP contribution in [0.4, 0.5) is 45.5 Å². The zero-order valence-corrected chi connectivity index (χ0v) is 30.6. The van der Waals surface area contributed by atoms with E-state index in [0.717, 1.165) is 41.0 Å². The summed E-state index contributed by atoms with van der Waals surface area (Å²) in [6.45, 7) is 3.58. The average Bonchev–Trinajstić information content (AvgIpc) is 3.13. The van der Waals surface area contributed by atoms with E-state index in [1.807, 2.05) is 19.1 Å². The molecule has 0 amide bonds. The number of nitro groups is 1. The van der Waals surface area contributed by atoms with Crippen molar-refractivity contribution in [3.8, 4) is 22.6 Å². The summed E-state index contributed by atoms with van der Waals surface area (Å²) in [7, 11) is -10.3. The molecular weight excluding hydrogens is 769 g/mol. The number of hydrogen-bond acceptors (Lipinski definition) is 15. The number of nitro benzene ring substituents is 1. The van der Waals surface area contributed by atoms with Gasteiger partial charge in [0.1, 0.15) is 26.9 Å². The molecule has 6 N–H and O–H groups in total. The van der Waals surface area contributed by atoms with Gasteiger partial charge >= 0.3 is 0 Å². The van der Waals surface area contributed by atoms with Crippen molar-refractivity contribution in [1.82, 2.24) is 0 Å². The average molecular weight is 797 g/mol. The van der Waals surface area contributed by atoms with E-state index in [1.54, 1.807) is 43.3 Å². The molecule has 0 saturated carbocycles. The standard InChI is InChI=1S/C36H28N8O10S2/c1-19-15-21(3-13-28(19)40-38-25-7-11-27(45)12-8-25)22-4-14-29(20(2)16-22)41-43-35-31(56(52,53)54)18-23-17-30(55(49,50)51)34(33(37)32(23)36(35)46)42-39-24-5-9-26(10-6-24)44(47)48/h3-18,45-46H,37H2,1-2H3,(H,49,50,51)(H,52,53,54). The SMILES string of the molecule is Cc1cc(-c2ccc(N=Nc3c(S(=O)(=O)O)cc4cc(S(=O)(=O)O)c(N=Nc5ccc([N+](=O)[O-])cc5)c(N)c4c3O)c(C)c2)ccc1N=Nc1ccc(O)cc1. The molecule has 0 fully saturated rings. The number of aromatic hydroxyl groups is 2. The van der Waals surface area contributed by atoms with Crippen LogP contribution in [0.3, 0.4) is 0 Å². The van der Waals surface area contributed by atoms with Crippen LogP contribution in [0.1, 0.15) is 11.1 Å². The minimum atomic E-state index is -5.14. The Morgan fingerprint density at radius 1 is 0.607 bits per heavy atom. The van der Waals surface area contributed by atoms with Gasteiger partial charge in [-0.25, -0.2) is 0 Å². The van der Waals surface area contributed by atoms with E-state index in [2.05, 4.69) is 30.7 Å². The molecule has 0 aromatic heterocycles. The first-order valence-electron chi connectivity index (χ1n) is 16.0. The van der Waals surface area contributed by atoms with Gasteiger partial charge in [0.15, 0.2) is 5.75 Å². The largest absolute Gasteiger partial charge is 0.508 e. The van der Waals surface area contributed by atoms with Gasteiger partial charge in [0.2, 0.25) is 0 Å². The topological polar surface area (TPSA) is 293 Å². The summed E-state index contributed by atoms with van der Waals surface area (Å²) in [4.78, 5) is 8.45. The van der Waals surface area contributed by atoms with Crippen LogP contribution in [-0.4, -0.2) is 41.1 Å². The van der Waals surface area contributed by atoms with E-state index < -0.39 is 57.8 Å². The van der Waals surface area contributed by atoms with E-state index in [9.17, 15) is 46.3 Å². The Morgan fingerprint density at radius 3 is 1.54 bits per heavy atom. The number of nitrogens with two attached hydrogens (primary N) is 1. The van der Waals surface area contributed by atoms with Crippen LogP contribution in [0.2, 0.25) is 0 Å². The number of benzene rings is 6. The Labute approximate surface area is 317 Å². The third-order valence-corrected chi connectivity index (χ3v) is 10.0. The monoisotopic (exact) mass is 796 g/mol. The van der Waals surface area contributed by atoms with Crippen molar-refractivity contribution < 1.29 is 41.1 Å². The molecule has 284 valence electrons. The highest BCUT2D eigenvalue weighted by atomic mass is 32.2. The molecule has 0 unspecified atom stereocenters. The van der Waals surface area contributed by atoms with Gasteiger partial charge in [-0.1, -0.05) is 12.1 Å². The molecule has 0 aliphatic heterocycles. The molecule has 0 radical (unpaired) electrons. The lowest BCUT2D eigenvalue weighted by atomic mass is 10.0. The summed E-state index contributed by atoms with van der Waals surface area (Å²) in [5.41, 5.74) is 8.51. The second kappa shape index (κ2) is 15.0. The van der Waals surface area contributed by atoms with E-state index in [0.29, 0.717) is 16.9 Å². The highest BCUT2D eigenvalue weighted by Gasteiger charge is 2.28. The number of azo groups is 3. The Morgan fingerprint density at radius 2 is 1.05 bits per heavy atom. The Balaban J connectivity index is 1.37. The maximum absolute atomic E-state index is 12.5. The van der Waals surface area contributed by atoms with Crippen LogP contribution in [0.25, 0.3) is 21.9 Å². The fourth-order valence-corrected chi connectivity index (χ4v) is 6.81. The number of non-ortho nitro benzene ring substituents is 1. The van der Waals surface area contributed by atoms with Crippen molar-refractivity contribution in [2.24, 2.45) is 30.7 Å². The van der Waals surface area contributed by atoms with Gasteiger partial charge in [-0.3, -0.25) is 19.2 Å². The third-order valence-electron chi connectivity index (χ3n) is 8.30. The van der Waals surface area contributed by atoms with Crippen LogP contribution >= 0.6 is 0 Å². The highest BCUT2D eigenvalue weighted by molar-refractivity contribution is 7.86. The summed E-state index contributed by atoms with van der Waals surface area (Å²) < 4.78 is 69.9. The first-order chi connectivity index (χ1) is 26.4. The van der Waals surface area contributed by atoms with Crippen LogP contribution in [0.5, 0.6) is 11.5 Å². The molecule has 0 atom stereocenters. The summed E-state index contributed by atoms with van der Waals surface area (Å²) in [5.74, 6) is -0.817. The summed E-state index contributed by atoms with van der Waals surface area (Å²) in [6, 6.07) is 23.1. The molecule has 6 aromatic rings. The second-order valence-electron chi connectivity index (χ2n) is 12.1. The smallest absolute Gasteiger partial charge is 0.296 e. The predicted octanol–water partition coefficient (Wildman–Crippen LogP) is 9.76. The lowest BCUT2D eigenvalue weighted by molar-refractivity contribution is -0.384. The Kier molecular flexibility index (Phi) is 10.4. The number of phenols is 2. The lowest BCUT2D eigenvalue weighted by Gasteiger charge is -2.14.